The fourth-order valence-corrected chi connectivity index (χ4v) is 8.60. The Morgan fingerprint density at radius 1 is 0.977 bits per heavy atom. The molecule has 4 aliphatic rings. The van der Waals surface area contributed by atoms with Crippen LogP contribution in [0.25, 0.3) is 10.8 Å². The van der Waals surface area contributed by atoms with E-state index in [-0.39, 0.29) is 23.8 Å². The number of hydrazine groups is 1. The first-order valence-corrected chi connectivity index (χ1v) is 16.8. The summed E-state index contributed by atoms with van der Waals surface area (Å²) >= 11 is 0. The number of piperidine rings is 1. The highest BCUT2D eigenvalue weighted by molar-refractivity contribution is 7.89. The van der Waals surface area contributed by atoms with Gasteiger partial charge in [-0.1, -0.05) is 30.3 Å². The van der Waals surface area contributed by atoms with Crippen LogP contribution in [-0.2, 0) is 19.6 Å². The van der Waals surface area contributed by atoms with Crippen LogP contribution in [0, 0.1) is 11.8 Å². The Morgan fingerprint density at radius 2 is 1.72 bits per heavy atom. The lowest BCUT2D eigenvalue weighted by Crippen LogP contribution is -2.51. The number of hydrogen-bond acceptors (Lipinski definition) is 9. The van der Waals surface area contributed by atoms with Crippen molar-refractivity contribution in [2.45, 2.75) is 49.3 Å². The molecule has 2 aromatic carbocycles. The van der Waals surface area contributed by atoms with Crippen molar-refractivity contribution in [3.8, 4) is 0 Å². The number of aromatic nitrogens is 2. The third-order valence-corrected chi connectivity index (χ3v) is 11.1. The Kier molecular flexibility index (Phi) is 8.14. The summed E-state index contributed by atoms with van der Waals surface area (Å²) in [7, 11) is -3.74. The Labute approximate surface area is 252 Å². The van der Waals surface area contributed by atoms with Crippen molar-refractivity contribution in [1.29, 1.82) is 0 Å². The van der Waals surface area contributed by atoms with Crippen LogP contribution in [0.3, 0.4) is 0 Å². The Bertz CT molecular complexity index is 1530. The van der Waals surface area contributed by atoms with Gasteiger partial charge >= 0.3 is 0 Å². The zero-order valence-electron chi connectivity index (χ0n) is 24.2. The van der Waals surface area contributed by atoms with Gasteiger partial charge in [0.05, 0.1) is 10.5 Å². The second-order valence-corrected chi connectivity index (χ2v) is 13.9. The van der Waals surface area contributed by atoms with E-state index in [1.807, 2.05) is 35.3 Å². The first kappa shape index (κ1) is 28.8. The van der Waals surface area contributed by atoms with E-state index >= 15 is 0 Å². The highest BCUT2D eigenvalue weighted by Crippen LogP contribution is 2.51. The molecule has 1 amide bonds. The molecule has 0 N–H and O–H groups in total. The second kappa shape index (κ2) is 12.2. The average molecular weight is 607 g/mol. The minimum absolute atomic E-state index is 0.0898. The van der Waals surface area contributed by atoms with Gasteiger partial charge in [-0.3, -0.25) is 4.79 Å². The van der Waals surface area contributed by atoms with Crippen molar-refractivity contribution in [1.82, 2.24) is 29.4 Å². The lowest BCUT2D eigenvalue weighted by Gasteiger charge is -2.36. The summed E-state index contributed by atoms with van der Waals surface area (Å²) < 4.78 is 36.0. The van der Waals surface area contributed by atoms with Gasteiger partial charge in [-0.05, 0) is 73.5 Å². The van der Waals surface area contributed by atoms with Gasteiger partial charge in [0.2, 0.25) is 10.0 Å². The van der Waals surface area contributed by atoms with E-state index < -0.39 is 16.3 Å². The number of sulfonamides is 1. The van der Waals surface area contributed by atoms with Crippen molar-refractivity contribution in [3.63, 3.8) is 0 Å². The van der Waals surface area contributed by atoms with Crippen molar-refractivity contribution < 1.29 is 22.8 Å². The van der Waals surface area contributed by atoms with Crippen molar-refractivity contribution in [2.75, 3.05) is 45.9 Å². The van der Waals surface area contributed by atoms with E-state index in [9.17, 15) is 13.2 Å². The number of carbonyl (C=O) groups is 1. The molecule has 0 radical (unpaired) electrons. The van der Waals surface area contributed by atoms with Gasteiger partial charge in [0.25, 0.3) is 5.91 Å². The second-order valence-electron chi connectivity index (χ2n) is 12.0. The largest absolute Gasteiger partial charge is 0.350 e. The third kappa shape index (κ3) is 5.92. The number of hydrogen-bond donors (Lipinski definition) is 0. The molecule has 4 fully saturated rings. The van der Waals surface area contributed by atoms with Crippen LogP contribution in [0.5, 0.6) is 0 Å². The Morgan fingerprint density at radius 3 is 2.44 bits per heavy atom. The maximum absolute atomic E-state index is 14.2. The molecule has 4 heterocycles. The van der Waals surface area contributed by atoms with Crippen molar-refractivity contribution in [2.24, 2.45) is 11.8 Å². The standard InChI is InChI=1S/C31H38N6O5S/c38-31(25-18-32-22-33-19-25)37(42-29-9-3-6-16-41-29)35-20-27-28(21-35)30(27)36(15-14-34-12-4-5-13-34)43(39,40)26-11-10-23-7-1-2-8-24(23)17-26/h1-2,7-8,10-11,17-19,22,27-30H,3-6,9,12-16,20-21H2. The first-order valence-electron chi connectivity index (χ1n) is 15.3. The van der Waals surface area contributed by atoms with Crippen LogP contribution in [0.1, 0.15) is 42.5 Å². The highest BCUT2D eigenvalue weighted by atomic mass is 32.2. The molecular formula is C31H38N6O5S. The number of rotatable bonds is 10. The van der Waals surface area contributed by atoms with Gasteiger partial charge in [0.1, 0.15) is 6.33 Å². The lowest BCUT2D eigenvalue weighted by molar-refractivity contribution is -0.330. The maximum atomic E-state index is 14.2. The molecule has 3 saturated heterocycles. The van der Waals surface area contributed by atoms with Crippen molar-refractivity contribution >= 4 is 26.7 Å². The average Bonchev–Trinajstić information content (AvgIpc) is 3.38. The van der Waals surface area contributed by atoms with E-state index in [0.717, 1.165) is 49.5 Å². The Hall–Kier alpha value is -3.00. The lowest BCUT2D eigenvalue weighted by atomic mass is 10.1. The molecule has 228 valence electrons. The maximum Gasteiger partial charge on any atom is 0.295 e. The summed E-state index contributed by atoms with van der Waals surface area (Å²) in [4.78, 5) is 30.4. The zero-order chi connectivity index (χ0) is 29.4. The van der Waals surface area contributed by atoms with Crippen molar-refractivity contribution in [3.05, 3.63) is 66.7 Å². The number of benzene rings is 2. The third-order valence-electron chi connectivity index (χ3n) is 9.22. The molecule has 0 bridgehead atoms. The number of fused-ring (bicyclic) bond motifs is 2. The molecular weight excluding hydrogens is 568 g/mol. The predicted octanol–water partition coefficient (Wildman–Crippen LogP) is 3.16. The first-order chi connectivity index (χ1) is 21.0. The molecule has 3 atom stereocenters. The van der Waals surface area contributed by atoms with E-state index in [0.29, 0.717) is 49.7 Å². The summed E-state index contributed by atoms with van der Waals surface area (Å²) in [6.07, 6.45) is 8.76. The van der Waals surface area contributed by atoms with Crippen LogP contribution in [0.4, 0.5) is 0 Å². The number of hydroxylamine groups is 1. The van der Waals surface area contributed by atoms with E-state index in [1.54, 1.807) is 16.4 Å². The van der Waals surface area contributed by atoms with E-state index in [4.69, 9.17) is 9.57 Å². The SMILES string of the molecule is O=C(c1cncnc1)N(OC1CCCCO1)N1CC2C(C1)C2N(CCN1CCCC1)S(=O)(=O)c1ccc2ccccc2c1. The molecule has 1 aliphatic carbocycles. The van der Waals surface area contributed by atoms with E-state index in [2.05, 4.69) is 14.9 Å². The molecule has 7 rings (SSSR count). The molecule has 3 unspecified atom stereocenters. The highest BCUT2D eigenvalue weighted by Gasteiger charge is 2.62. The minimum Gasteiger partial charge on any atom is -0.350 e. The van der Waals surface area contributed by atoms with Gasteiger partial charge in [0, 0.05) is 57.6 Å². The Balaban J connectivity index is 1.11. The molecule has 43 heavy (non-hydrogen) atoms. The number of likely N-dealkylation sites (tertiary alicyclic amines) is 1. The van der Waals surface area contributed by atoms with Gasteiger partial charge in [-0.25, -0.2) is 23.2 Å². The summed E-state index contributed by atoms with van der Waals surface area (Å²) in [5.41, 5.74) is 0.321. The van der Waals surface area contributed by atoms with Crippen LogP contribution >= 0.6 is 0 Å². The van der Waals surface area contributed by atoms with Crippen LogP contribution in [0.15, 0.2) is 66.1 Å². The number of ether oxygens (including phenoxy) is 1. The molecule has 11 nitrogen and oxygen atoms in total. The number of nitrogens with zero attached hydrogens (tertiary/aromatic N) is 6. The topological polar surface area (TPSA) is 108 Å². The van der Waals surface area contributed by atoms with Gasteiger partial charge < -0.3 is 9.64 Å². The summed E-state index contributed by atoms with van der Waals surface area (Å²) in [6.45, 7) is 4.79. The molecule has 0 spiro atoms. The molecule has 3 aliphatic heterocycles. The smallest absolute Gasteiger partial charge is 0.295 e. The summed E-state index contributed by atoms with van der Waals surface area (Å²) in [6, 6.07) is 13.1. The minimum atomic E-state index is -3.74. The zero-order valence-corrected chi connectivity index (χ0v) is 25.0. The van der Waals surface area contributed by atoms with Gasteiger partial charge in [-0.15, -0.1) is 5.17 Å². The number of amides is 1. The molecule has 3 aromatic rings. The molecule has 1 aromatic heterocycles. The fourth-order valence-electron chi connectivity index (χ4n) is 6.86. The van der Waals surface area contributed by atoms with Gasteiger partial charge in [-0.2, -0.15) is 9.31 Å². The van der Waals surface area contributed by atoms with E-state index in [1.165, 1.54) is 23.9 Å². The monoisotopic (exact) mass is 606 g/mol. The molecule has 1 saturated carbocycles. The van der Waals surface area contributed by atoms with Crippen LogP contribution in [-0.4, -0.2) is 102 Å². The summed E-state index contributed by atoms with van der Waals surface area (Å²) in [5, 5.41) is 5.12. The van der Waals surface area contributed by atoms with Gasteiger partial charge in [0.15, 0.2) is 6.29 Å². The number of carbonyl (C=O) groups excluding carboxylic acids is 1. The fraction of sp³-hybridized carbons (Fsp3) is 0.516. The molecule has 12 heteroatoms. The summed E-state index contributed by atoms with van der Waals surface area (Å²) in [5.74, 6) is -0.179. The predicted molar refractivity (Wildman–Crippen MR) is 159 cm³/mol. The van der Waals surface area contributed by atoms with Crippen LogP contribution in [0.2, 0.25) is 0 Å². The van der Waals surface area contributed by atoms with Crippen LogP contribution < -0.4 is 0 Å². The quantitative estimate of drug-likeness (QED) is 0.322. The normalized spacial score (nSPS) is 26.2.